The molecule has 0 fully saturated rings. The number of hydrogen-bond donors (Lipinski definition) is 2. The lowest BCUT2D eigenvalue weighted by atomic mass is 10.1. The number of nitrogens with two attached hydrogens (primary N) is 1. The van der Waals surface area contributed by atoms with E-state index in [1.54, 1.807) is 24.3 Å². The molecular formula is C20H24N4O3. The quantitative estimate of drug-likeness (QED) is 0.276. The molecule has 27 heavy (non-hydrogen) atoms. The van der Waals surface area contributed by atoms with Crippen LogP contribution < -0.4 is 10.8 Å². The molecule has 2 amide bonds. The summed E-state index contributed by atoms with van der Waals surface area (Å²) in [6.07, 6.45) is 3.63. The average molecular weight is 368 g/mol. The molecule has 0 atom stereocenters. The molecule has 3 N–H and O–H groups in total. The second-order valence-electron chi connectivity index (χ2n) is 6.14. The molecule has 0 bridgehead atoms. The van der Waals surface area contributed by atoms with Crippen LogP contribution in [0.1, 0.15) is 38.5 Å². The molecule has 0 aliphatic rings. The Balaban J connectivity index is 1.78. The summed E-state index contributed by atoms with van der Waals surface area (Å²) in [5.74, 6) is -0.678. The minimum atomic E-state index is -0.372. The summed E-state index contributed by atoms with van der Waals surface area (Å²) in [4.78, 5) is 22.7. The number of anilines is 1. The van der Waals surface area contributed by atoms with Crippen molar-refractivity contribution in [2.24, 2.45) is 16.0 Å². The molecule has 0 radical (unpaired) electrons. The highest BCUT2D eigenvalue weighted by Crippen LogP contribution is 2.22. The van der Waals surface area contributed by atoms with Crippen LogP contribution in [0.15, 0.2) is 64.8 Å². The number of hydrogen-bond acceptors (Lipinski definition) is 5. The molecule has 2 rings (SSSR count). The van der Waals surface area contributed by atoms with Crippen LogP contribution in [0.25, 0.3) is 0 Å². The smallest absolute Gasteiger partial charge is 0.250 e. The molecule has 0 saturated heterocycles. The number of nitrogens with zero attached hydrogens (tertiary/aromatic N) is 3. The number of unbranched alkanes of at least 4 members (excludes halogenated alkanes) is 3. The summed E-state index contributed by atoms with van der Waals surface area (Å²) in [7, 11) is 0. The Labute approximate surface area is 158 Å². The van der Waals surface area contributed by atoms with Gasteiger partial charge >= 0.3 is 0 Å². The summed E-state index contributed by atoms with van der Waals surface area (Å²) in [5.41, 5.74) is 6.82. The minimum Gasteiger partial charge on any atom is -0.370 e. The lowest BCUT2D eigenvalue weighted by Crippen LogP contribution is -2.26. The summed E-state index contributed by atoms with van der Waals surface area (Å²) in [6, 6.07) is 16.0. The summed E-state index contributed by atoms with van der Waals surface area (Å²) in [6.45, 7) is 0. The fourth-order valence-corrected chi connectivity index (χ4v) is 2.45. The summed E-state index contributed by atoms with van der Waals surface area (Å²) in [5, 5.41) is 18.9. The SMILES string of the molecule is NC(=O)CCCCCCC(=O)N(O)c1ccc(/N=N/c2ccccc2)cc1. The van der Waals surface area contributed by atoms with Crippen molar-refractivity contribution in [1.29, 1.82) is 0 Å². The largest absolute Gasteiger partial charge is 0.370 e. The third-order valence-corrected chi connectivity index (χ3v) is 3.93. The third kappa shape index (κ3) is 7.37. The van der Waals surface area contributed by atoms with E-state index in [1.807, 2.05) is 30.3 Å². The first-order chi connectivity index (χ1) is 13.1. The molecule has 2 aromatic carbocycles. The van der Waals surface area contributed by atoms with Gasteiger partial charge in [0.15, 0.2) is 0 Å². The van der Waals surface area contributed by atoms with Crippen molar-refractivity contribution in [3.05, 3.63) is 54.6 Å². The van der Waals surface area contributed by atoms with Gasteiger partial charge < -0.3 is 5.73 Å². The maximum atomic E-state index is 12.0. The topological polar surface area (TPSA) is 108 Å². The number of primary amides is 1. The molecule has 0 unspecified atom stereocenters. The van der Waals surface area contributed by atoms with E-state index in [4.69, 9.17) is 5.73 Å². The van der Waals surface area contributed by atoms with Gasteiger partial charge in [-0.2, -0.15) is 15.3 Å². The highest BCUT2D eigenvalue weighted by Gasteiger charge is 2.12. The third-order valence-electron chi connectivity index (χ3n) is 3.93. The Morgan fingerprint density at radius 3 is 1.96 bits per heavy atom. The van der Waals surface area contributed by atoms with Crippen LogP contribution in [0.4, 0.5) is 17.1 Å². The van der Waals surface area contributed by atoms with Crippen LogP contribution in [0.3, 0.4) is 0 Å². The lowest BCUT2D eigenvalue weighted by molar-refractivity contribution is -0.123. The zero-order chi connectivity index (χ0) is 19.5. The number of carbonyl (C=O) groups is 2. The fourth-order valence-electron chi connectivity index (χ4n) is 2.45. The maximum Gasteiger partial charge on any atom is 0.250 e. The number of azo groups is 1. The van der Waals surface area contributed by atoms with Gasteiger partial charge in [0.25, 0.3) is 5.91 Å². The van der Waals surface area contributed by atoms with E-state index in [9.17, 15) is 14.8 Å². The van der Waals surface area contributed by atoms with Crippen molar-refractivity contribution < 1.29 is 14.8 Å². The number of benzene rings is 2. The van der Waals surface area contributed by atoms with Gasteiger partial charge in [-0.15, -0.1) is 0 Å². The Hall–Kier alpha value is -3.06. The Morgan fingerprint density at radius 2 is 1.37 bits per heavy atom. The number of rotatable bonds is 10. The maximum absolute atomic E-state index is 12.0. The molecule has 0 spiro atoms. The zero-order valence-corrected chi connectivity index (χ0v) is 15.1. The predicted molar refractivity (Wildman–Crippen MR) is 103 cm³/mol. The number of amides is 2. The van der Waals surface area contributed by atoms with Gasteiger partial charge in [0.1, 0.15) is 0 Å². The van der Waals surface area contributed by atoms with E-state index < -0.39 is 0 Å². The van der Waals surface area contributed by atoms with Crippen LogP contribution in [0.5, 0.6) is 0 Å². The van der Waals surface area contributed by atoms with Crippen molar-refractivity contribution in [2.75, 3.05) is 5.06 Å². The van der Waals surface area contributed by atoms with Crippen LogP contribution in [0, 0.1) is 0 Å². The van der Waals surface area contributed by atoms with Crippen LogP contribution >= 0.6 is 0 Å². The van der Waals surface area contributed by atoms with Crippen molar-refractivity contribution in [1.82, 2.24) is 0 Å². The minimum absolute atomic E-state index is 0.239. The highest BCUT2D eigenvalue weighted by atomic mass is 16.5. The van der Waals surface area contributed by atoms with Crippen molar-refractivity contribution >= 4 is 28.9 Å². The zero-order valence-electron chi connectivity index (χ0n) is 15.1. The van der Waals surface area contributed by atoms with Gasteiger partial charge in [-0.25, -0.2) is 0 Å². The molecule has 0 aliphatic heterocycles. The van der Waals surface area contributed by atoms with Crippen molar-refractivity contribution in [3.63, 3.8) is 0 Å². The number of hydroxylamine groups is 1. The first-order valence-corrected chi connectivity index (χ1v) is 8.93. The molecule has 0 saturated carbocycles. The van der Waals surface area contributed by atoms with E-state index in [0.29, 0.717) is 29.3 Å². The molecule has 142 valence electrons. The van der Waals surface area contributed by atoms with E-state index in [-0.39, 0.29) is 18.2 Å². The van der Waals surface area contributed by atoms with Crippen molar-refractivity contribution in [2.45, 2.75) is 38.5 Å². The lowest BCUT2D eigenvalue weighted by Gasteiger charge is -2.14. The van der Waals surface area contributed by atoms with Crippen LogP contribution in [0.2, 0.25) is 0 Å². The molecule has 2 aromatic rings. The Kier molecular flexibility index (Phi) is 8.12. The summed E-state index contributed by atoms with van der Waals surface area (Å²) < 4.78 is 0. The molecule has 0 heterocycles. The van der Waals surface area contributed by atoms with Crippen LogP contribution in [-0.4, -0.2) is 17.0 Å². The molecule has 7 nitrogen and oxygen atoms in total. The normalized spacial score (nSPS) is 10.9. The Morgan fingerprint density at radius 1 is 0.815 bits per heavy atom. The number of carbonyl (C=O) groups excluding carboxylic acids is 2. The van der Waals surface area contributed by atoms with Gasteiger partial charge in [0.2, 0.25) is 5.91 Å². The monoisotopic (exact) mass is 368 g/mol. The molecule has 0 aliphatic carbocycles. The van der Waals surface area contributed by atoms with Crippen molar-refractivity contribution in [3.8, 4) is 0 Å². The molecule has 7 heteroatoms. The summed E-state index contributed by atoms with van der Waals surface area (Å²) >= 11 is 0. The van der Waals surface area contributed by atoms with E-state index in [0.717, 1.165) is 24.9 Å². The highest BCUT2D eigenvalue weighted by molar-refractivity contribution is 5.91. The standard InChI is InChI=1S/C20H24N4O3/c21-19(25)10-6-1-2-7-11-20(26)24(27)18-14-12-17(13-15-18)23-22-16-8-4-3-5-9-16/h3-5,8-9,12-15,27H,1-2,6-7,10-11H2,(H2,21,25)/b23-22+. The molecule has 0 aromatic heterocycles. The van der Waals surface area contributed by atoms with Gasteiger partial charge in [0.05, 0.1) is 17.1 Å². The average Bonchev–Trinajstić information content (AvgIpc) is 2.69. The first kappa shape index (κ1) is 20.3. The van der Waals surface area contributed by atoms with Gasteiger partial charge in [-0.05, 0) is 49.2 Å². The van der Waals surface area contributed by atoms with Crippen LogP contribution in [-0.2, 0) is 9.59 Å². The fraction of sp³-hybridized carbons (Fsp3) is 0.300. The second kappa shape index (κ2) is 10.8. The predicted octanol–water partition coefficient (Wildman–Crippen LogP) is 4.65. The van der Waals surface area contributed by atoms with E-state index >= 15 is 0 Å². The van der Waals surface area contributed by atoms with Gasteiger partial charge in [-0.3, -0.25) is 14.8 Å². The van der Waals surface area contributed by atoms with Gasteiger partial charge in [-0.1, -0.05) is 31.0 Å². The Bertz CT molecular complexity index is 761. The van der Waals surface area contributed by atoms with E-state index in [2.05, 4.69) is 10.2 Å². The molecular weight excluding hydrogens is 344 g/mol. The van der Waals surface area contributed by atoms with E-state index in [1.165, 1.54) is 0 Å². The second-order valence-corrected chi connectivity index (χ2v) is 6.14. The first-order valence-electron chi connectivity index (χ1n) is 8.93. The van der Waals surface area contributed by atoms with Gasteiger partial charge in [0, 0.05) is 12.8 Å².